The molecule has 0 aromatic carbocycles. The molecule has 1 atom stereocenters. The number of carboxylic acid groups (broad SMARTS) is 1. The van der Waals surface area contributed by atoms with Crippen molar-refractivity contribution in [3.63, 3.8) is 0 Å². The first kappa shape index (κ1) is 9.52. The third-order valence-electron chi connectivity index (χ3n) is 2.94. The van der Waals surface area contributed by atoms with Gasteiger partial charge in [0.25, 0.3) is 0 Å². The highest BCUT2D eigenvalue weighted by Gasteiger charge is 2.50. The molecule has 0 aliphatic heterocycles. The Bertz CT molecular complexity index is 169. The Hall–Kier alpha value is -0.570. The van der Waals surface area contributed by atoms with Crippen LogP contribution in [0.4, 0.5) is 0 Å². The van der Waals surface area contributed by atoms with E-state index >= 15 is 0 Å². The quantitative estimate of drug-likeness (QED) is 0.701. The van der Waals surface area contributed by atoms with Crippen LogP contribution in [0.25, 0.3) is 0 Å². The van der Waals surface area contributed by atoms with Crippen molar-refractivity contribution in [1.29, 1.82) is 0 Å². The molecule has 70 valence electrons. The second-order valence-corrected chi connectivity index (χ2v) is 3.45. The summed E-state index contributed by atoms with van der Waals surface area (Å²) in [5, 5.41) is 9.04. The first-order valence-electron chi connectivity index (χ1n) is 4.43. The van der Waals surface area contributed by atoms with E-state index < -0.39 is 11.4 Å². The summed E-state index contributed by atoms with van der Waals surface area (Å²) < 4.78 is 5.19. The van der Waals surface area contributed by atoms with Gasteiger partial charge in [-0.2, -0.15) is 0 Å². The summed E-state index contributed by atoms with van der Waals surface area (Å²) in [6.07, 6.45) is 3.24. The molecular formula is C9H16O3. The molecule has 1 rings (SSSR count). The van der Waals surface area contributed by atoms with Crippen LogP contribution in [-0.4, -0.2) is 24.3 Å². The Kier molecular flexibility index (Phi) is 2.73. The van der Waals surface area contributed by atoms with Gasteiger partial charge in [0.1, 0.15) is 0 Å². The molecule has 0 heterocycles. The molecule has 0 bridgehead atoms. The molecule has 0 amide bonds. The summed E-state index contributed by atoms with van der Waals surface area (Å²) >= 11 is 0. The van der Waals surface area contributed by atoms with E-state index in [4.69, 9.17) is 9.84 Å². The zero-order valence-electron chi connectivity index (χ0n) is 7.67. The molecule has 1 aliphatic carbocycles. The maximum absolute atomic E-state index is 11.0. The van der Waals surface area contributed by atoms with Crippen molar-refractivity contribution in [3.05, 3.63) is 0 Å². The fourth-order valence-electron chi connectivity index (χ4n) is 2.01. The standard InChI is InChI=1S/C9H16O3/c1-3-7(12-2)9(8(10)11)5-4-6-9/h7H,3-6H2,1-2H3,(H,10,11). The van der Waals surface area contributed by atoms with Gasteiger partial charge in [0.2, 0.25) is 0 Å². The highest BCUT2D eigenvalue weighted by molar-refractivity contribution is 5.76. The number of aliphatic carboxylic acids is 1. The number of ether oxygens (including phenoxy) is 1. The first-order chi connectivity index (χ1) is 5.67. The van der Waals surface area contributed by atoms with Gasteiger partial charge >= 0.3 is 5.97 Å². The Morgan fingerprint density at radius 3 is 2.33 bits per heavy atom. The molecule has 1 fully saturated rings. The average molecular weight is 172 g/mol. The average Bonchev–Trinajstić information content (AvgIpc) is 1.95. The minimum absolute atomic E-state index is 0.108. The highest BCUT2D eigenvalue weighted by atomic mass is 16.5. The van der Waals surface area contributed by atoms with Gasteiger partial charge in [0.05, 0.1) is 11.5 Å². The van der Waals surface area contributed by atoms with Crippen molar-refractivity contribution in [2.75, 3.05) is 7.11 Å². The second-order valence-electron chi connectivity index (χ2n) is 3.45. The zero-order chi connectivity index (χ0) is 9.19. The van der Waals surface area contributed by atoms with Crippen molar-refractivity contribution in [3.8, 4) is 0 Å². The molecule has 12 heavy (non-hydrogen) atoms. The van der Waals surface area contributed by atoms with Crippen molar-refractivity contribution in [2.45, 2.75) is 38.7 Å². The Morgan fingerprint density at radius 2 is 2.25 bits per heavy atom. The van der Waals surface area contributed by atoms with Gasteiger partial charge < -0.3 is 9.84 Å². The molecule has 1 unspecified atom stereocenters. The monoisotopic (exact) mass is 172 g/mol. The minimum Gasteiger partial charge on any atom is -0.481 e. The third kappa shape index (κ3) is 1.22. The van der Waals surface area contributed by atoms with Crippen LogP contribution in [0.15, 0.2) is 0 Å². The lowest BCUT2D eigenvalue weighted by Crippen LogP contribution is -2.48. The van der Waals surface area contributed by atoms with Crippen molar-refractivity contribution >= 4 is 5.97 Å². The Balaban J connectivity index is 2.71. The topological polar surface area (TPSA) is 46.5 Å². The number of hydrogen-bond acceptors (Lipinski definition) is 2. The van der Waals surface area contributed by atoms with E-state index in [1.807, 2.05) is 6.92 Å². The van der Waals surface area contributed by atoms with Crippen molar-refractivity contribution in [1.82, 2.24) is 0 Å². The van der Waals surface area contributed by atoms with Crippen LogP contribution in [0.1, 0.15) is 32.6 Å². The number of methoxy groups -OCH3 is 1. The van der Waals surface area contributed by atoms with Gasteiger partial charge in [-0.15, -0.1) is 0 Å². The van der Waals surface area contributed by atoms with Gasteiger partial charge in [0, 0.05) is 7.11 Å². The molecule has 3 heteroatoms. The van der Waals surface area contributed by atoms with Crippen LogP contribution in [0, 0.1) is 5.41 Å². The summed E-state index contributed by atoms with van der Waals surface area (Å²) in [6.45, 7) is 1.97. The molecule has 1 N–H and O–H groups in total. The van der Waals surface area contributed by atoms with E-state index in [2.05, 4.69) is 0 Å². The summed E-state index contributed by atoms with van der Waals surface area (Å²) in [4.78, 5) is 11.0. The Labute approximate surface area is 72.7 Å². The summed E-state index contributed by atoms with van der Waals surface area (Å²) in [7, 11) is 1.59. The lowest BCUT2D eigenvalue weighted by molar-refractivity contribution is -0.168. The third-order valence-corrected chi connectivity index (χ3v) is 2.94. The van der Waals surface area contributed by atoms with Gasteiger partial charge in [-0.1, -0.05) is 13.3 Å². The smallest absolute Gasteiger partial charge is 0.312 e. The first-order valence-corrected chi connectivity index (χ1v) is 4.43. The largest absolute Gasteiger partial charge is 0.481 e. The predicted octanol–water partition coefficient (Wildman–Crippen LogP) is 1.67. The van der Waals surface area contributed by atoms with Crippen LogP contribution in [0.5, 0.6) is 0 Å². The SMILES string of the molecule is CCC(OC)C1(C(=O)O)CCC1. The van der Waals surface area contributed by atoms with Crippen LogP contribution < -0.4 is 0 Å². The number of carboxylic acids is 1. The fourth-order valence-corrected chi connectivity index (χ4v) is 2.01. The number of rotatable bonds is 4. The van der Waals surface area contributed by atoms with Crippen LogP contribution in [-0.2, 0) is 9.53 Å². The minimum atomic E-state index is -0.692. The van der Waals surface area contributed by atoms with E-state index in [0.29, 0.717) is 0 Å². The van der Waals surface area contributed by atoms with Crippen LogP contribution >= 0.6 is 0 Å². The molecular weight excluding hydrogens is 156 g/mol. The Morgan fingerprint density at radius 1 is 1.67 bits per heavy atom. The highest BCUT2D eigenvalue weighted by Crippen LogP contribution is 2.46. The van der Waals surface area contributed by atoms with Crippen LogP contribution in [0.3, 0.4) is 0 Å². The lowest BCUT2D eigenvalue weighted by Gasteiger charge is -2.42. The van der Waals surface area contributed by atoms with E-state index in [9.17, 15) is 4.79 Å². The predicted molar refractivity (Wildman–Crippen MR) is 45.0 cm³/mol. The maximum atomic E-state index is 11.0. The summed E-state index contributed by atoms with van der Waals surface area (Å²) in [5.41, 5.74) is -0.566. The molecule has 0 radical (unpaired) electrons. The van der Waals surface area contributed by atoms with Crippen molar-refractivity contribution in [2.24, 2.45) is 5.41 Å². The molecule has 0 aromatic rings. The molecule has 3 nitrogen and oxygen atoms in total. The normalized spacial score (nSPS) is 22.8. The number of carbonyl (C=O) groups is 1. The van der Waals surface area contributed by atoms with E-state index in [-0.39, 0.29) is 6.10 Å². The summed E-state index contributed by atoms with van der Waals surface area (Å²) in [6, 6.07) is 0. The zero-order valence-corrected chi connectivity index (χ0v) is 7.67. The summed E-state index contributed by atoms with van der Waals surface area (Å²) in [5.74, 6) is -0.692. The molecule has 1 saturated carbocycles. The van der Waals surface area contributed by atoms with E-state index in [0.717, 1.165) is 25.7 Å². The lowest BCUT2D eigenvalue weighted by atomic mass is 9.64. The second kappa shape index (κ2) is 3.44. The fraction of sp³-hybridized carbons (Fsp3) is 0.889. The molecule has 0 aromatic heterocycles. The van der Waals surface area contributed by atoms with Gasteiger partial charge in [-0.3, -0.25) is 4.79 Å². The van der Waals surface area contributed by atoms with Crippen molar-refractivity contribution < 1.29 is 14.6 Å². The van der Waals surface area contributed by atoms with E-state index in [1.165, 1.54) is 0 Å². The van der Waals surface area contributed by atoms with Gasteiger partial charge in [-0.05, 0) is 19.3 Å². The van der Waals surface area contributed by atoms with Gasteiger partial charge in [0.15, 0.2) is 0 Å². The molecule has 0 spiro atoms. The van der Waals surface area contributed by atoms with Gasteiger partial charge in [-0.25, -0.2) is 0 Å². The molecule has 1 aliphatic rings. The molecule has 0 saturated heterocycles. The number of hydrogen-bond donors (Lipinski definition) is 1. The van der Waals surface area contributed by atoms with Crippen LogP contribution in [0.2, 0.25) is 0 Å². The maximum Gasteiger partial charge on any atom is 0.312 e. The van der Waals surface area contributed by atoms with E-state index in [1.54, 1.807) is 7.11 Å².